The second kappa shape index (κ2) is 4.21. The van der Waals surface area contributed by atoms with E-state index in [4.69, 9.17) is 10.6 Å². The molecule has 0 aromatic carbocycles. The average molecular weight is 191 g/mol. The third-order valence-electron chi connectivity index (χ3n) is 2.17. The van der Waals surface area contributed by atoms with Crippen LogP contribution in [0.4, 0.5) is 0 Å². The molecular formula is C10H13N3O. The Hall–Kier alpha value is -1.39. The van der Waals surface area contributed by atoms with Crippen molar-refractivity contribution in [1.82, 2.24) is 10.4 Å². The smallest absolute Gasteiger partial charge is 0.120 e. The number of hydrogen-bond donors (Lipinski definition) is 2. The summed E-state index contributed by atoms with van der Waals surface area (Å²) in [5.41, 5.74) is 3.58. The van der Waals surface area contributed by atoms with Gasteiger partial charge in [-0.25, -0.2) is 5.43 Å². The van der Waals surface area contributed by atoms with Gasteiger partial charge < -0.3 is 4.74 Å². The fourth-order valence-electron chi connectivity index (χ4n) is 1.50. The second-order valence-corrected chi connectivity index (χ2v) is 3.10. The molecule has 3 N–H and O–H groups in total. The Morgan fingerprint density at radius 1 is 1.50 bits per heavy atom. The molecule has 74 valence electrons. The van der Waals surface area contributed by atoms with Gasteiger partial charge in [0, 0.05) is 12.6 Å². The van der Waals surface area contributed by atoms with Crippen LogP contribution in [0.15, 0.2) is 36.2 Å². The van der Waals surface area contributed by atoms with E-state index in [2.05, 4.69) is 10.4 Å². The van der Waals surface area contributed by atoms with Crippen molar-refractivity contribution in [2.45, 2.75) is 12.5 Å². The van der Waals surface area contributed by atoms with Crippen molar-refractivity contribution in [1.29, 1.82) is 0 Å². The highest BCUT2D eigenvalue weighted by Gasteiger charge is 2.19. The average Bonchev–Trinajstić information content (AvgIpc) is 2.74. The Kier molecular flexibility index (Phi) is 2.76. The number of nitrogens with zero attached hydrogens (tertiary/aromatic N) is 1. The molecular weight excluding hydrogens is 178 g/mol. The third-order valence-corrected chi connectivity index (χ3v) is 2.17. The first-order valence-corrected chi connectivity index (χ1v) is 4.61. The number of pyridine rings is 1. The van der Waals surface area contributed by atoms with Crippen LogP contribution in [-0.4, -0.2) is 11.6 Å². The Bertz CT molecular complexity index is 323. The predicted octanol–water partition coefficient (Wildman–Crippen LogP) is 0.890. The minimum atomic E-state index is -0.126. The van der Waals surface area contributed by atoms with Crippen LogP contribution in [0.3, 0.4) is 0 Å². The largest absolute Gasteiger partial charge is 0.496 e. The Labute approximate surface area is 82.8 Å². The van der Waals surface area contributed by atoms with Crippen LogP contribution in [0.2, 0.25) is 0 Å². The van der Waals surface area contributed by atoms with Gasteiger partial charge >= 0.3 is 0 Å². The lowest BCUT2D eigenvalue weighted by molar-refractivity contribution is 0.214. The lowest BCUT2D eigenvalue weighted by Gasteiger charge is -2.16. The highest BCUT2D eigenvalue weighted by atomic mass is 16.5. The van der Waals surface area contributed by atoms with Gasteiger partial charge in [0.25, 0.3) is 0 Å². The maximum absolute atomic E-state index is 5.47. The molecule has 2 heterocycles. The van der Waals surface area contributed by atoms with Crippen LogP contribution in [0, 0.1) is 0 Å². The second-order valence-electron chi connectivity index (χ2n) is 3.10. The molecule has 1 aromatic rings. The maximum Gasteiger partial charge on any atom is 0.120 e. The molecule has 4 nitrogen and oxygen atoms in total. The van der Waals surface area contributed by atoms with E-state index < -0.39 is 0 Å². The summed E-state index contributed by atoms with van der Waals surface area (Å²) in [5, 5.41) is 0. The van der Waals surface area contributed by atoms with Gasteiger partial charge in [-0.3, -0.25) is 10.8 Å². The van der Waals surface area contributed by atoms with E-state index in [-0.39, 0.29) is 6.04 Å². The standard InChI is InChI=1S/C10H13N3O/c11-13-10(9-5-3-7-14-9)8-4-1-2-6-12-8/h1-2,4-6,10,13H,3,7,11H2. The van der Waals surface area contributed by atoms with Gasteiger partial charge in [-0.2, -0.15) is 0 Å². The number of nitrogens with one attached hydrogen (secondary N) is 1. The summed E-state index contributed by atoms with van der Waals surface area (Å²) in [6.45, 7) is 0.736. The zero-order valence-electron chi connectivity index (χ0n) is 7.81. The Balaban J connectivity index is 2.21. The summed E-state index contributed by atoms with van der Waals surface area (Å²) in [5.74, 6) is 6.34. The summed E-state index contributed by atoms with van der Waals surface area (Å²) in [7, 11) is 0. The van der Waals surface area contributed by atoms with Gasteiger partial charge in [-0.05, 0) is 18.2 Å². The molecule has 1 atom stereocenters. The summed E-state index contributed by atoms with van der Waals surface area (Å²) < 4.78 is 5.44. The fraction of sp³-hybridized carbons (Fsp3) is 0.300. The Morgan fingerprint density at radius 2 is 2.43 bits per heavy atom. The van der Waals surface area contributed by atoms with E-state index >= 15 is 0 Å². The predicted molar refractivity (Wildman–Crippen MR) is 53.0 cm³/mol. The number of hydrogen-bond acceptors (Lipinski definition) is 4. The number of rotatable bonds is 3. The molecule has 1 aliphatic heterocycles. The minimum absolute atomic E-state index is 0.126. The molecule has 14 heavy (non-hydrogen) atoms. The number of ether oxygens (including phenoxy) is 1. The summed E-state index contributed by atoms with van der Waals surface area (Å²) in [6, 6.07) is 5.61. The molecule has 1 aliphatic rings. The molecule has 0 bridgehead atoms. The lowest BCUT2D eigenvalue weighted by Crippen LogP contribution is -2.30. The minimum Gasteiger partial charge on any atom is -0.496 e. The van der Waals surface area contributed by atoms with E-state index in [0.717, 1.165) is 24.5 Å². The SMILES string of the molecule is NNC(C1=CCCO1)c1ccccn1. The molecule has 1 unspecified atom stereocenters. The zero-order chi connectivity index (χ0) is 9.80. The van der Waals surface area contributed by atoms with Crippen molar-refractivity contribution in [2.24, 2.45) is 5.84 Å². The van der Waals surface area contributed by atoms with E-state index in [1.807, 2.05) is 24.3 Å². The van der Waals surface area contributed by atoms with Gasteiger partial charge in [-0.15, -0.1) is 0 Å². The van der Waals surface area contributed by atoms with Crippen molar-refractivity contribution in [3.63, 3.8) is 0 Å². The maximum atomic E-state index is 5.47. The van der Waals surface area contributed by atoms with Crippen LogP contribution in [0.25, 0.3) is 0 Å². The number of aromatic nitrogens is 1. The molecule has 0 saturated carbocycles. The number of nitrogens with two attached hydrogens (primary N) is 1. The Morgan fingerprint density at radius 3 is 3.00 bits per heavy atom. The normalized spacial score (nSPS) is 17.4. The van der Waals surface area contributed by atoms with Gasteiger partial charge in [0.2, 0.25) is 0 Å². The molecule has 0 radical (unpaired) electrons. The first kappa shape index (κ1) is 9.18. The quantitative estimate of drug-likeness (QED) is 0.550. The van der Waals surface area contributed by atoms with Crippen molar-refractivity contribution in [2.75, 3.05) is 6.61 Å². The van der Waals surface area contributed by atoms with Gasteiger partial charge in [0.1, 0.15) is 11.8 Å². The number of hydrazine groups is 1. The van der Waals surface area contributed by atoms with Crippen LogP contribution < -0.4 is 11.3 Å². The molecule has 2 rings (SSSR count). The molecule has 0 saturated heterocycles. The highest BCUT2D eigenvalue weighted by Crippen LogP contribution is 2.23. The van der Waals surface area contributed by atoms with Gasteiger partial charge in [0.15, 0.2) is 0 Å². The van der Waals surface area contributed by atoms with Crippen LogP contribution in [-0.2, 0) is 4.74 Å². The lowest BCUT2D eigenvalue weighted by atomic mass is 10.1. The third kappa shape index (κ3) is 1.76. The monoisotopic (exact) mass is 191 g/mol. The first-order valence-electron chi connectivity index (χ1n) is 4.61. The highest BCUT2D eigenvalue weighted by molar-refractivity contribution is 5.19. The summed E-state index contributed by atoms with van der Waals surface area (Å²) in [4.78, 5) is 4.23. The molecule has 4 heteroatoms. The van der Waals surface area contributed by atoms with E-state index in [1.54, 1.807) is 6.20 Å². The summed E-state index contributed by atoms with van der Waals surface area (Å²) >= 11 is 0. The van der Waals surface area contributed by atoms with Crippen molar-refractivity contribution >= 4 is 0 Å². The van der Waals surface area contributed by atoms with Gasteiger partial charge in [0.05, 0.1) is 12.3 Å². The van der Waals surface area contributed by atoms with Crippen molar-refractivity contribution < 1.29 is 4.74 Å². The van der Waals surface area contributed by atoms with E-state index in [0.29, 0.717) is 0 Å². The molecule has 0 fully saturated rings. The van der Waals surface area contributed by atoms with Gasteiger partial charge in [-0.1, -0.05) is 6.07 Å². The van der Waals surface area contributed by atoms with Crippen LogP contribution in [0.5, 0.6) is 0 Å². The van der Waals surface area contributed by atoms with Crippen LogP contribution >= 0.6 is 0 Å². The summed E-state index contributed by atoms with van der Waals surface area (Å²) in [6.07, 6.45) is 4.73. The fourth-order valence-corrected chi connectivity index (χ4v) is 1.50. The van der Waals surface area contributed by atoms with Crippen LogP contribution in [0.1, 0.15) is 18.2 Å². The zero-order valence-corrected chi connectivity index (χ0v) is 7.81. The first-order chi connectivity index (χ1) is 6.92. The van der Waals surface area contributed by atoms with E-state index in [9.17, 15) is 0 Å². The molecule has 0 amide bonds. The molecule has 0 aliphatic carbocycles. The molecule has 0 spiro atoms. The molecule has 1 aromatic heterocycles. The van der Waals surface area contributed by atoms with Crippen molar-refractivity contribution in [3.05, 3.63) is 41.9 Å². The van der Waals surface area contributed by atoms with Crippen molar-refractivity contribution in [3.8, 4) is 0 Å². The topological polar surface area (TPSA) is 60.2 Å². The van der Waals surface area contributed by atoms with E-state index in [1.165, 1.54) is 0 Å².